The Bertz CT molecular complexity index is 394. The first-order chi connectivity index (χ1) is 9.22. The molecule has 1 aromatic heterocycles. The van der Waals surface area contributed by atoms with Crippen LogP contribution in [0.2, 0.25) is 0 Å². The molecule has 0 aromatic carbocycles. The van der Waals surface area contributed by atoms with Crippen LogP contribution in [0.1, 0.15) is 30.8 Å². The van der Waals surface area contributed by atoms with Crippen molar-refractivity contribution in [1.29, 1.82) is 0 Å². The van der Waals surface area contributed by atoms with Crippen LogP contribution in [0.25, 0.3) is 0 Å². The van der Waals surface area contributed by atoms with Crippen LogP contribution < -0.4 is 5.32 Å². The van der Waals surface area contributed by atoms with E-state index in [4.69, 9.17) is 4.74 Å². The molecule has 6 nitrogen and oxygen atoms in total. The second-order valence-corrected chi connectivity index (χ2v) is 4.02. The van der Waals surface area contributed by atoms with Gasteiger partial charge in [0.05, 0.1) is 0 Å². The molecule has 0 aliphatic rings. The van der Waals surface area contributed by atoms with Gasteiger partial charge in [0.2, 0.25) is 5.95 Å². The number of aromatic nitrogens is 2. The van der Waals surface area contributed by atoms with Gasteiger partial charge >= 0.3 is 0 Å². The van der Waals surface area contributed by atoms with Crippen LogP contribution in [0.4, 0.5) is 5.95 Å². The van der Waals surface area contributed by atoms with Gasteiger partial charge in [0.15, 0.2) is 0 Å². The van der Waals surface area contributed by atoms with Crippen LogP contribution in [0.5, 0.6) is 0 Å². The summed E-state index contributed by atoms with van der Waals surface area (Å²) in [7, 11) is 1.67. The Hall–Kier alpha value is -1.69. The van der Waals surface area contributed by atoms with Crippen molar-refractivity contribution < 1.29 is 9.53 Å². The predicted molar refractivity (Wildman–Crippen MR) is 74.3 cm³/mol. The molecule has 0 aliphatic heterocycles. The van der Waals surface area contributed by atoms with E-state index < -0.39 is 0 Å². The number of amides is 1. The highest BCUT2D eigenvalue weighted by atomic mass is 16.5. The number of nitrogens with zero attached hydrogens (tertiary/aromatic N) is 3. The van der Waals surface area contributed by atoms with Gasteiger partial charge < -0.3 is 15.0 Å². The number of carbonyl (C=O) groups is 1. The molecule has 1 amide bonds. The van der Waals surface area contributed by atoms with Gasteiger partial charge in [-0.25, -0.2) is 9.97 Å². The molecular weight excluding hydrogens is 244 g/mol. The van der Waals surface area contributed by atoms with Crippen molar-refractivity contribution in [2.45, 2.75) is 20.3 Å². The van der Waals surface area contributed by atoms with E-state index >= 15 is 0 Å². The molecule has 1 aromatic rings. The fourth-order valence-corrected chi connectivity index (χ4v) is 1.65. The molecule has 0 aliphatic carbocycles. The zero-order valence-electron chi connectivity index (χ0n) is 11.8. The average Bonchev–Trinajstić information content (AvgIpc) is 2.45. The average molecular weight is 266 g/mol. The predicted octanol–water partition coefficient (Wildman–Crippen LogP) is 1.41. The Morgan fingerprint density at radius 1 is 1.42 bits per heavy atom. The van der Waals surface area contributed by atoms with Crippen LogP contribution in [0.15, 0.2) is 12.3 Å². The smallest absolute Gasteiger partial charge is 0.272 e. The highest BCUT2D eigenvalue weighted by Crippen LogP contribution is 2.04. The molecule has 0 saturated heterocycles. The zero-order chi connectivity index (χ0) is 14.1. The first-order valence-corrected chi connectivity index (χ1v) is 6.58. The number of rotatable bonds is 8. The lowest BCUT2D eigenvalue weighted by Gasteiger charge is -2.18. The minimum atomic E-state index is -0.0626. The van der Waals surface area contributed by atoms with E-state index in [1.165, 1.54) is 0 Å². The fraction of sp³-hybridized carbons (Fsp3) is 0.615. The minimum absolute atomic E-state index is 0.0626. The number of carbonyl (C=O) groups excluding carboxylic acids is 1. The largest absolute Gasteiger partial charge is 0.385 e. The van der Waals surface area contributed by atoms with Gasteiger partial charge in [-0.05, 0) is 26.3 Å². The second-order valence-electron chi connectivity index (χ2n) is 4.02. The zero-order valence-corrected chi connectivity index (χ0v) is 11.8. The van der Waals surface area contributed by atoms with E-state index in [2.05, 4.69) is 15.3 Å². The topological polar surface area (TPSA) is 67.4 Å². The van der Waals surface area contributed by atoms with E-state index in [1.807, 2.05) is 13.8 Å². The highest BCUT2D eigenvalue weighted by molar-refractivity contribution is 5.92. The summed E-state index contributed by atoms with van der Waals surface area (Å²) in [5.74, 6) is 0.418. The SMILES string of the molecule is CCN(CC)C(=O)c1ccnc(NCCCOC)n1. The van der Waals surface area contributed by atoms with Gasteiger partial charge in [-0.1, -0.05) is 0 Å². The van der Waals surface area contributed by atoms with Gasteiger partial charge in [-0.15, -0.1) is 0 Å². The fourth-order valence-electron chi connectivity index (χ4n) is 1.65. The van der Waals surface area contributed by atoms with Crippen molar-refractivity contribution in [3.05, 3.63) is 18.0 Å². The van der Waals surface area contributed by atoms with Crippen LogP contribution >= 0.6 is 0 Å². The van der Waals surface area contributed by atoms with Gasteiger partial charge in [0.25, 0.3) is 5.91 Å². The summed E-state index contributed by atoms with van der Waals surface area (Å²) < 4.78 is 4.96. The molecule has 0 spiro atoms. The Balaban J connectivity index is 2.63. The van der Waals surface area contributed by atoms with Crippen molar-refractivity contribution in [3.63, 3.8) is 0 Å². The molecule has 0 saturated carbocycles. The molecule has 6 heteroatoms. The second kappa shape index (κ2) is 8.42. The van der Waals surface area contributed by atoms with Crippen molar-refractivity contribution in [2.24, 2.45) is 0 Å². The van der Waals surface area contributed by atoms with E-state index in [0.717, 1.165) is 13.0 Å². The van der Waals surface area contributed by atoms with E-state index in [0.29, 0.717) is 31.3 Å². The molecule has 1 rings (SSSR count). The third-order valence-electron chi connectivity index (χ3n) is 2.73. The van der Waals surface area contributed by atoms with Crippen molar-refractivity contribution in [1.82, 2.24) is 14.9 Å². The number of hydrogen-bond acceptors (Lipinski definition) is 5. The van der Waals surface area contributed by atoms with Crippen LogP contribution in [-0.2, 0) is 4.74 Å². The van der Waals surface area contributed by atoms with Gasteiger partial charge in [0, 0.05) is 39.5 Å². The quantitative estimate of drug-likeness (QED) is 0.720. The Kier molecular flexibility index (Phi) is 6.81. The van der Waals surface area contributed by atoms with Gasteiger partial charge in [-0.2, -0.15) is 0 Å². The maximum Gasteiger partial charge on any atom is 0.272 e. The van der Waals surface area contributed by atoms with Crippen molar-refractivity contribution in [3.8, 4) is 0 Å². The minimum Gasteiger partial charge on any atom is -0.385 e. The molecule has 1 heterocycles. The highest BCUT2D eigenvalue weighted by Gasteiger charge is 2.14. The molecule has 1 N–H and O–H groups in total. The summed E-state index contributed by atoms with van der Waals surface area (Å²) in [5.41, 5.74) is 0.424. The molecule has 0 unspecified atom stereocenters. The Labute approximate surface area is 114 Å². The lowest BCUT2D eigenvalue weighted by Crippen LogP contribution is -2.31. The molecule has 0 radical (unpaired) electrons. The number of hydrogen-bond donors (Lipinski definition) is 1. The summed E-state index contributed by atoms with van der Waals surface area (Å²) in [4.78, 5) is 22.2. The number of anilines is 1. The van der Waals surface area contributed by atoms with Crippen LogP contribution in [0, 0.1) is 0 Å². The van der Waals surface area contributed by atoms with E-state index in [1.54, 1.807) is 24.3 Å². The molecule has 0 atom stereocenters. The summed E-state index contributed by atoms with van der Waals surface area (Å²) in [6.45, 7) is 6.66. The molecule has 0 fully saturated rings. The number of ether oxygens (including phenoxy) is 1. The maximum absolute atomic E-state index is 12.1. The third kappa shape index (κ3) is 4.82. The van der Waals surface area contributed by atoms with Crippen LogP contribution in [0.3, 0.4) is 0 Å². The molecule has 0 bridgehead atoms. The summed E-state index contributed by atoms with van der Waals surface area (Å²) in [5, 5.41) is 3.08. The normalized spacial score (nSPS) is 10.3. The Morgan fingerprint density at radius 2 is 2.16 bits per heavy atom. The van der Waals surface area contributed by atoms with Gasteiger partial charge in [-0.3, -0.25) is 4.79 Å². The third-order valence-corrected chi connectivity index (χ3v) is 2.73. The maximum atomic E-state index is 12.1. The standard InChI is InChI=1S/C13H22N4O2/c1-4-17(5-2)12(18)11-7-9-15-13(16-11)14-8-6-10-19-3/h7,9H,4-6,8,10H2,1-3H3,(H,14,15,16). The first-order valence-electron chi connectivity index (χ1n) is 6.58. The van der Waals surface area contributed by atoms with Crippen molar-refractivity contribution >= 4 is 11.9 Å². The molecule has 106 valence electrons. The lowest BCUT2D eigenvalue weighted by atomic mass is 10.3. The van der Waals surface area contributed by atoms with E-state index in [9.17, 15) is 4.79 Å². The van der Waals surface area contributed by atoms with Crippen LogP contribution in [-0.4, -0.2) is 54.1 Å². The lowest BCUT2D eigenvalue weighted by molar-refractivity contribution is 0.0767. The van der Waals surface area contributed by atoms with E-state index in [-0.39, 0.29) is 5.91 Å². The molecule has 19 heavy (non-hydrogen) atoms. The Morgan fingerprint density at radius 3 is 2.79 bits per heavy atom. The number of nitrogens with one attached hydrogen (secondary N) is 1. The summed E-state index contributed by atoms with van der Waals surface area (Å²) in [6, 6.07) is 1.64. The van der Waals surface area contributed by atoms with Crippen molar-refractivity contribution in [2.75, 3.05) is 38.7 Å². The first kappa shape index (κ1) is 15.4. The summed E-state index contributed by atoms with van der Waals surface area (Å²) in [6.07, 6.45) is 2.47. The number of methoxy groups -OCH3 is 1. The van der Waals surface area contributed by atoms with Gasteiger partial charge in [0.1, 0.15) is 5.69 Å². The molecular formula is C13H22N4O2. The monoisotopic (exact) mass is 266 g/mol. The summed E-state index contributed by atoms with van der Waals surface area (Å²) >= 11 is 0.